The molecule has 0 aliphatic carbocycles. The van der Waals surface area contributed by atoms with Crippen LogP contribution in [-0.4, -0.2) is 41.1 Å². The molecule has 1 amide bonds. The zero-order valence-electron chi connectivity index (χ0n) is 24.9. The number of aliphatic hydroxyl groups is 1. The van der Waals surface area contributed by atoms with E-state index < -0.39 is 23.5 Å². The van der Waals surface area contributed by atoms with E-state index in [1.165, 1.54) is 23.1 Å². The van der Waals surface area contributed by atoms with Crippen LogP contribution in [0.2, 0.25) is 0 Å². The number of aliphatic hydroxyl groups excluding tert-OH is 1. The van der Waals surface area contributed by atoms with Crippen molar-refractivity contribution >= 4 is 44.1 Å². The van der Waals surface area contributed by atoms with E-state index in [0.717, 1.165) is 29.1 Å². The van der Waals surface area contributed by atoms with Gasteiger partial charge in [-0.3, -0.25) is 14.5 Å². The molecule has 1 aromatic heterocycles. The van der Waals surface area contributed by atoms with Crippen LogP contribution in [0.1, 0.15) is 56.8 Å². The summed E-state index contributed by atoms with van der Waals surface area (Å²) in [5, 5.41) is 11.9. The number of amides is 1. The maximum atomic E-state index is 14.0. The van der Waals surface area contributed by atoms with Crippen molar-refractivity contribution in [1.29, 1.82) is 0 Å². The number of thiazole rings is 1. The van der Waals surface area contributed by atoms with Crippen LogP contribution in [0.5, 0.6) is 17.2 Å². The van der Waals surface area contributed by atoms with Crippen LogP contribution in [0.15, 0.2) is 60.2 Å². The third-order valence-corrected chi connectivity index (χ3v) is 8.71. The Labute approximate surface area is 258 Å². The molecule has 2 aliphatic rings. The van der Waals surface area contributed by atoms with Gasteiger partial charge in [-0.2, -0.15) is 0 Å². The molecule has 0 spiro atoms. The molecule has 0 radical (unpaired) electrons. The van der Waals surface area contributed by atoms with Gasteiger partial charge in [-0.1, -0.05) is 31.3 Å². The maximum absolute atomic E-state index is 14.0. The highest BCUT2D eigenvalue weighted by Gasteiger charge is 2.48. The number of hydrogen-bond acceptors (Lipinski definition) is 8. The van der Waals surface area contributed by atoms with Gasteiger partial charge in [-0.15, -0.1) is 0 Å². The van der Waals surface area contributed by atoms with E-state index in [9.17, 15) is 19.1 Å². The van der Waals surface area contributed by atoms with Gasteiger partial charge in [0, 0.05) is 12.0 Å². The first-order valence-electron chi connectivity index (χ1n) is 14.7. The van der Waals surface area contributed by atoms with Crippen LogP contribution in [0.4, 0.5) is 9.52 Å². The third kappa shape index (κ3) is 5.50. The number of hydrogen-bond donors (Lipinski definition) is 1. The predicted molar refractivity (Wildman–Crippen MR) is 167 cm³/mol. The molecule has 10 heteroatoms. The second-order valence-electron chi connectivity index (χ2n) is 11.4. The molecule has 6 rings (SSSR count). The predicted octanol–water partition coefficient (Wildman–Crippen LogP) is 7.21. The lowest BCUT2D eigenvalue weighted by molar-refractivity contribution is -0.132. The van der Waals surface area contributed by atoms with Crippen molar-refractivity contribution < 1.29 is 33.3 Å². The number of ether oxygens (including phenoxy) is 3. The number of nitrogens with zero attached hydrogens (tertiary/aromatic N) is 2. The summed E-state index contributed by atoms with van der Waals surface area (Å²) in [7, 11) is 0. The molecule has 44 heavy (non-hydrogen) atoms. The fourth-order valence-electron chi connectivity index (χ4n) is 5.55. The average Bonchev–Trinajstić information content (AvgIpc) is 3.65. The minimum absolute atomic E-state index is 0.00453. The normalized spacial score (nSPS) is 19.1. The van der Waals surface area contributed by atoms with E-state index in [0.29, 0.717) is 58.4 Å². The maximum Gasteiger partial charge on any atom is 0.301 e. The summed E-state index contributed by atoms with van der Waals surface area (Å²) in [6.07, 6.45) is 1.51. The Bertz CT molecular complexity index is 1800. The van der Waals surface area contributed by atoms with E-state index in [-0.39, 0.29) is 22.6 Å². The molecule has 3 aromatic carbocycles. The highest BCUT2D eigenvalue weighted by atomic mass is 32.1. The Morgan fingerprint density at radius 2 is 1.93 bits per heavy atom. The molecule has 4 aromatic rings. The molecule has 1 N–H and O–H groups in total. The van der Waals surface area contributed by atoms with E-state index in [4.69, 9.17) is 14.2 Å². The first-order chi connectivity index (χ1) is 21.1. The van der Waals surface area contributed by atoms with Gasteiger partial charge in [0.1, 0.15) is 23.4 Å². The van der Waals surface area contributed by atoms with Gasteiger partial charge in [-0.05, 0) is 85.8 Å². The van der Waals surface area contributed by atoms with Crippen molar-refractivity contribution in [2.75, 3.05) is 18.1 Å². The summed E-state index contributed by atoms with van der Waals surface area (Å²) >= 11 is 1.10. The smallest absolute Gasteiger partial charge is 0.301 e. The van der Waals surface area contributed by atoms with Gasteiger partial charge in [0.2, 0.25) is 0 Å². The summed E-state index contributed by atoms with van der Waals surface area (Å²) < 4.78 is 32.3. The van der Waals surface area contributed by atoms with Crippen LogP contribution in [0.25, 0.3) is 16.0 Å². The number of ketones is 1. The zero-order valence-corrected chi connectivity index (χ0v) is 25.7. The molecule has 2 aliphatic heterocycles. The average molecular weight is 617 g/mol. The summed E-state index contributed by atoms with van der Waals surface area (Å²) in [4.78, 5) is 33.3. The van der Waals surface area contributed by atoms with Crippen molar-refractivity contribution in [2.24, 2.45) is 5.92 Å². The molecule has 2 atom stereocenters. The lowest BCUT2D eigenvalue weighted by atomic mass is 9.94. The second-order valence-corrected chi connectivity index (χ2v) is 12.4. The SMILES string of the molecule is CCOc1cc(C2/C(=C(\O)c3ccc4c(c3)CC(C)O4)C(=O)C(=O)N2c2nc3ccc(F)cc3s2)ccc1OCCC(C)C. The number of fused-ring (bicyclic) bond motifs is 2. The molecular weight excluding hydrogens is 583 g/mol. The molecule has 2 unspecified atom stereocenters. The molecule has 3 heterocycles. The van der Waals surface area contributed by atoms with Crippen LogP contribution in [0, 0.1) is 11.7 Å². The number of Topliss-reactive ketones (excluding diaryl/α,β-unsaturated/α-hetero) is 1. The quantitative estimate of drug-likeness (QED) is 0.121. The van der Waals surface area contributed by atoms with Crippen molar-refractivity contribution in [3.8, 4) is 17.2 Å². The van der Waals surface area contributed by atoms with Gasteiger partial charge >= 0.3 is 5.91 Å². The Morgan fingerprint density at radius 1 is 1.11 bits per heavy atom. The number of anilines is 1. The fraction of sp³-hybridized carbons (Fsp3) is 0.324. The Balaban J connectivity index is 1.50. The summed E-state index contributed by atoms with van der Waals surface area (Å²) in [6, 6.07) is 13.6. The van der Waals surface area contributed by atoms with Crippen molar-refractivity contribution in [3.05, 3.63) is 82.7 Å². The van der Waals surface area contributed by atoms with E-state index in [1.807, 2.05) is 13.8 Å². The van der Waals surface area contributed by atoms with Crippen molar-refractivity contribution in [2.45, 2.75) is 52.7 Å². The summed E-state index contributed by atoms with van der Waals surface area (Å²) in [6.45, 7) is 8.91. The van der Waals surface area contributed by atoms with Gasteiger partial charge in [-0.25, -0.2) is 9.37 Å². The number of rotatable bonds is 9. The second kappa shape index (κ2) is 11.9. The molecule has 228 valence electrons. The minimum Gasteiger partial charge on any atom is -0.507 e. The highest BCUT2D eigenvalue weighted by molar-refractivity contribution is 7.22. The molecule has 1 fully saturated rings. The fourth-order valence-corrected chi connectivity index (χ4v) is 6.56. The van der Waals surface area contributed by atoms with Gasteiger partial charge < -0.3 is 19.3 Å². The molecular formula is C34H33FN2O6S. The van der Waals surface area contributed by atoms with Crippen LogP contribution in [0.3, 0.4) is 0 Å². The molecule has 1 saturated heterocycles. The first-order valence-corrected chi connectivity index (χ1v) is 15.5. The lowest BCUT2D eigenvalue weighted by Gasteiger charge is -2.24. The lowest BCUT2D eigenvalue weighted by Crippen LogP contribution is -2.29. The number of carbonyl (C=O) groups excluding carboxylic acids is 2. The number of carbonyl (C=O) groups is 2. The summed E-state index contributed by atoms with van der Waals surface area (Å²) in [5.74, 6) is -0.257. The molecule has 0 saturated carbocycles. The van der Waals surface area contributed by atoms with Crippen LogP contribution in [-0.2, 0) is 16.0 Å². The highest BCUT2D eigenvalue weighted by Crippen LogP contribution is 2.46. The first kappa shape index (κ1) is 29.6. The Hall–Kier alpha value is -4.44. The van der Waals surface area contributed by atoms with E-state index >= 15 is 0 Å². The molecule has 8 nitrogen and oxygen atoms in total. The van der Waals surface area contributed by atoms with E-state index in [1.54, 1.807) is 36.4 Å². The number of benzene rings is 3. The third-order valence-electron chi connectivity index (χ3n) is 7.70. The van der Waals surface area contributed by atoms with Crippen LogP contribution < -0.4 is 19.1 Å². The van der Waals surface area contributed by atoms with Crippen molar-refractivity contribution in [3.63, 3.8) is 0 Å². The topological polar surface area (TPSA) is 98.2 Å². The van der Waals surface area contributed by atoms with E-state index in [2.05, 4.69) is 18.8 Å². The monoisotopic (exact) mass is 616 g/mol. The van der Waals surface area contributed by atoms with Gasteiger partial charge in [0.05, 0.1) is 35.0 Å². The minimum atomic E-state index is -1.03. The zero-order chi connectivity index (χ0) is 31.1. The van der Waals surface area contributed by atoms with Crippen LogP contribution >= 0.6 is 11.3 Å². The summed E-state index contributed by atoms with van der Waals surface area (Å²) in [5.41, 5.74) is 2.23. The number of halogens is 1. The standard InChI is InChI=1S/C34H33FN2O6S/c1-5-41-27-16-20(6-11-26(27)42-13-12-18(2)3)30-29(31(38)21-7-10-25-22(15-21)14-19(4)43-25)32(39)33(40)37(30)34-36-24-9-8-23(35)17-28(24)44-34/h6-11,15-19,30,38H,5,12-14H2,1-4H3/b31-29+. The van der Waals surface area contributed by atoms with Crippen molar-refractivity contribution in [1.82, 2.24) is 4.98 Å². The van der Waals surface area contributed by atoms with Gasteiger partial charge in [0.15, 0.2) is 16.6 Å². The Morgan fingerprint density at radius 3 is 2.70 bits per heavy atom. The molecule has 0 bridgehead atoms. The Kier molecular flexibility index (Phi) is 8.02. The largest absolute Gasteiger partial charge is 0.507 e. The van der Waals surface area contributed by atoms with Gasteiger partial charge in [0.25, 0.3) is 5.78 Å². The number of aromatic nitrogens is 1.